The number of nitrogens with one attached hydrogen (secondary N) is 2. The Morgan fingerprint density at radius 2 is 2.00 bits per heavy atom. The third-order valence-corrected chi connectivity index (χ3v) is 5.47. The molecule has 3 rings (SSSR count). The van der Waals surface area contributed by atoms with Crippen LogP contribution in [0.3, 0.4) is 0 Å². The normalized spacial score (nSPS) is 21.5. The van der Waals surface area contributed by atoms with Gasteiger partial charge in [-0.25, -0.2) is 13.1 Å². The summed E-state index contributed by atoms with van der Waals surface area (Å²) in [5.41, 5.74) is 0.373. The Hall–Kier alpha value is -1.77. The van der Waals surface area contributed by atoms with Gasteiger partial charge >= 0.3 is 0 Å². The summed E-state index contributed by atoms with van der Waals surface area (Å²) in [5, 5.41) is 3.21. The van der Waals surface area contributed by atoms with Crippen molar-refractivity contribution in [1.29, 1.82) is 0 Å². The van der Waals surface area contributed by atoms with Gasteiger partial charge in [-0.05, 0) is 37.6 Å². The molecule has 8 heteroatoms. The molecule has 2 amide bonds. The predicted octanol–water partition coefficient (Wildman–Crippen LogP) is -0.0573. The number of carbonyl (C=O) groups excluding carboxylic acids is 2. The average molecular weight is 323 g/mol. The van der Waals surface area contributed by atoms with E-state index in [0.717, 1.165) is 24.3 Å². The zero-order chi connectivity index (χ0) is 15.9. The molecule has 1 saturated heterocycles. The maximum Gasteiger partial charge on any atom is 0.261 e. The molecule has 1 aromatic carbocycles. The van der Waals surface area contributed by atoms with E-state index in [-0.39, 0.29) is 22.1 Å². The highest BCUT2D eigenvalue weighted by Crippen LogP contribution is 2.24. The monoisotopic (exact) mass is 323 g/mol. The summed E-state index contributed by atoms with van der Waals surface area (Å²) < 4.78 is 27.2. The molecule has 0 bridgehead atoms. The van der Waals surface area contributed by atoms with E-state index in [1.807, 2.05) is 0 Å². The molecule has 22 heavy (non-hydrogen) atoms. The molecular weight excluding hydrogens is 306 g/mol. The number of nitrogens with zero attached hydrogens (tertiary/aromatic N) is 1. The van der Waals surface area contributed by atoms with Gasteiger partial charge in [-0.2, -0.15) is 0 Å². The summed E-state index contributed by atoms with van der Waals surface area (Å²) in [6.07, 6.45) is 1.97. The molecule has 2 N–H and O–H groups in total. The summed E-state index contributed by atoms with van der Waals surface area (Å²) in [6.45, 7) is 1.21. The van der Waals surface area contributed by atoms with Crippen LogP contribution in [0.25, 0.3) is 0 Å². The minimum Gasteiger partial charge on any atom is -0.313 e. The van der Waals surface area contributed by atoms with E-state index in [9.17, 15) is 18.0 Å². The van der Waals surface area contributed by atoms with Crippen LogP contribution in [0.5, 0.6) is 0 Å². The van der Waals surface area contributed by atoms with E-state index in [0.29, 0.717) is 6.54 Å². The van der Waals surface area contributed by atoms with Crippen LogP contribution in [0.4, 0.5) is 0 Å². The molecular formula is C14H17N3O4S. The van der Waals surface area contributed by atoms with E-state index in [4.69, 9.17) is 0 Å². The van der Waals surface area contributed by atoms with Crippen molar-refractivity contribution in [3.8, 4) is 0 Å². The van der Waals surface area contributed by atoms with Crippen LogP contribution in [-0.2, 0) is 10.0 Å². The smallest absolute Gasteiger partial charge is 0.261 e. The number of rotatable bonds is 4. The molecule has 0 saturated carbocycles. The van der Waals surface area contributed by atoms with Crippen LogP contribution in [-0.4, -0.2) is 51.3 Å². The summed E-state index contributed by atoms with van der Waals surface area (Å²) in [5.74, 6) is -0.887. The number of benzene rings is 1. The van der Waals surface area contributed by atoms with Gasteiger partial charge in [0, 0.05) is 19.6 Å². The lowest BCUT2D eigenvalue weighted by molar-refractivity contribution is 0.0693. The van der Waals surface area contributed by atoms with Gasteiger partial charge < -0.3 is 5.32 Å². The Morgan fingerprint density at radius 3 is 2.68 bits per heavy atom. The average Bonchev–Trinajstić information content (AvgIpc) is 3.09. The second-order valence-electron chi connectivity index (χ2n) is 5.52. The molecule has 0 aliphatic carbocycles. The summed E-state index contributed by atoms with van der Waals surface area (Å²) in [4.78, 5) is 24.7. The van der Waals surface area contributed by atoms with Crippen LogP contribution in [0.2, 0.25) is 0 Å². The maximum atomic E-state index is 12.3. The Morgan fingerprint density at radius 1 is 1.27 bits per heavy atom. The fourth-order valence-electron chi connectivity index (χ4n) is 2.73. The highest BCUT2D eigenvalue weighted by atomic mass is 32.2. The summed E-state index contributed by atoms with van der Waals surface area (Å²) >= 11 is 0. The van der Waals surface area contributed by atoms with E-state index >= 15 is 0 Å². The molecule has 1 unspecified atom stereocenters. The molecule has 0 radical (unpaired) electrons. The predicted molar refractivity (Wildman–Crippen MR) is 79.1 cm³/mol. The zero-order valence-corrected chi connectivity index (χ0v) is 12.9. The third kappa shape index (κ3) is 2.53. The van der Waals surface area contributed by atoms with E-state index in [2.05, 4.69) is 10.0 Å². The quantitative estimate of drug-likeness (QED) is 0.757. The van der Waals surface area contributed by atoms with Crippen LogP contribution in [0.15, 0.2) is 23.1 Å². The fraction of sp³-hybridized carbons (Fsp3) is 0.429. The van der Waals surface area contributed by atoms with Gasteiger partial charge in [0.1, 0.15) is 0 Å². The van der Waals surface area contributed by atoms with Crippen molar-refractivity contribution in [3.63, 3.8) is 0 Å². The van der Waals surface area contributed by atoms with Crippen molar-refractivity contribution in [2.45, 2.75) is 23.8 Å². The summed E-state index contributed by atoms with van der Waals surface area (Å²) in [6, 6.07) is 4.15. The van der Waals surface area contributed by atoms with Crippen LogP contribution < -0.4 is 10.0 Å². The maximum absolute atomic E-state index is 12.3. The van der Waals surface area contributed by atoms with E-state index in [1.165, 1.54) is 25.2 Å². The molecule has 1 atom stereocenters. The van der Waals surface area contributed by atoms with Gasteiger partial charge in [0.15, 0.2) is 0 Å². The standard InChI is InChI=1S/C14H17N3O4S/c1-17-13(18)11-5-4-10(7-12(11)14(17)19)22(20,21)16-8-9-3-2-6-15-9/h4-5,7,9,15-16H,2-3,6,8H2,1H3. The Bertz CT molecular complexity index is 738. The van der Waals surface area contributed by atoms with Gasteiger partial charge in [-0.15, -0.1) is 0 Å². The SMILES string of the molecule is CN1C(=O)c2ccc(S(=O)(=O)NCC3CCCN3)cc2C1=O. The van der Waals surface area contributed by atoms with Crippen molar-refractivity contribution in [1.82, 2.24) is 14.9 Å². The first-order valence-electron chi connectivity index (χ1n) is 7.09. The second-order valence-corrected chi connectivity index (χ2v) is 7.29. The van der Waals surface area contributed by atoms with Crippen molar-refractivity contribution >= 4 is 21.8 Å². The van der Waals surface area contributed by atoms with Gasteiger partial charge in [0.25, 0.3) is 11.8 Å². The number of carbonyl (C=O) groups is 2. The minimum atomic E-state index is -3.70. The molecule has 1 fully saturated rings. The lowest BCUT2D eigenvalue weighted by atomic mass is 10.1. The highest BCUT2D eigenvalue weighted by Gasteiger charge is 2.34. The molecule has 0 spiro atoms. The highest BCUT2D eigenvalue weighted by molar-refractivity contribution is 7.89. The number of hydrogen-bond donors (Lipinski definition) is 2. The Labute approximate surface area is 128 Å². The lowest BCUT2D eigenvalue weighted by Gasteiger charge is -2.12. The number of amides is 2. The van der Waals surface area contributed by atoms with Crippen LogP contribution in [0, 0.1) is 0 Å². The minimum absolute atomic E-state index is 0.000645. The molecule has 1 aromatic rings. The van der Waals surface area contributed by atoms with Crippen LogP contribution >= 0.6 is 0 Å². The molecule has 118 valence electrons. The number of sulfonamides is 1. The molecule has 7 nitrogen and oxygen atoms in total. The second kappa shape index (κ2) is 5.45. The first kappa shape index (κ1) is 15.1. The Kier molecular flexibility index (Phi) is 3.75. The molecule has 2 aliphatic heterocycles. The topological polar surface area (TPSA) is 95.6 Å². The van der Waals surface area contributed by atoms with Crippen molar-refractivity contribution in [2.75, 3.05) is 20.1 Å². The Balaban J connectivity index is 1.83. The van der Waals surface area contributed by atoms with E-state index < -0.39 is 21.8 Å². The van der Waals surface area contributed by atoms with Gasteiger partial charge in [0.2, 0.25) is 10.0 Å². The first-order chi connectivity index (χ1) is 10.4. The fourth-order valence-corrected chi connectivity index (χ4v) is 3.84. The third-order valence-electron chi connectivity index (χ3n) is 4.05. The zero-order valence-electron chi connectivity index (χ0n) is 12.1. The van der Waals surface area contributed by atoms with Gasteiger partial charge in [-0.1, -0.05) is 0 Å². The van der Waals surface area contributed by atoms with Crippen molar-refractivity contribution in [3.05, 3.63) is 29.3 Å². The lowest BCUT2D eigenvalue weighted by Crippen LogP contribution is -2.37. The molecule has 2 heterocycles. The van der Waals surface area contributed by atoms with Crippen molar-refractivity contribution < 1.29 is 18.0 Å². The molecule has 2 aliphatic rings. The van der Waals surface area contributed by atoms with Gasteiger partial charge in [-0.3, -0.25) is 14.5 Å². The summed E-state index contributed by atoms with van der Waals surface area (Å²) in [7, 11) is -2.32. The van der Waals surface area contributed by atoms with Crippen LogP contribution in [0.1, 0.15) is 33.6 Å². The molecule has 0 aromatic heterocycles. The largest absolute Gasteiger partial charge is 0.313 e. The van der Waals surface area contributed by atoms with E-state index in [1.54, 1.807) is 0 Å². The van der Waals surface area contributed by atoms with Gasteiger partial charge in [0.05, 0.1) is 16.0 Å². The number of imide groups is 1. The number of fused-ring (bicyclic) bond motifs is 1. The first-order valence-corrected chi connectivity index (χ1v) is 8.58. The van der Waals surface area contributed by atoms with Crippen molar-refractivity contribution in [2.24, 2.45) is 0 Å². The number of hydrogen-bond acceptors (Lipinski definition) is 5.